The van der Waals surface area contributed by atoms with Crippen molar-refractivity contribution in [1.29, 1.82) is 0 Å². The van der Waals surface area contributed by atoms with E-state index in [1.54, 1.807) is 6.92 Å². The molecular formula is C25H38Cl2N4O5. The first kappa shape index (κ1) is 31.7. The first-order valence-corrected chi connectivity index (χ1v) is 12.3. The van der Waals surface area contributed by atoms with Gasteiger partial charge in [0, 0.05) is 36.4 Å². The summed E-state index contributed by atoms with van der Waals surface area (Å²) in [6.45, 7) is 5.33. The van der Waals surface area contributed by atoms with E-state index in [2.05, 4.69) is 16.0 Å². The molecule has 3 rings (SSSR count). The normalized spacial score (nSPS) is 15.2. The highest BCUT2D eigenvalue weighted by atomic mass is 35.5. The lowest BCUT2D eigenvalue weighted by Gasteiger charge is -2.24. The Hall–Kier alpha value is -2.33. The van der Waals surface area contributed by atoms with Crippen LogP contribution < -0.4 is 40.8 Å². The number of aromatic nitrogens is 1. The highest BCUT2D eigenvalue weighted by Crippen LogP contribution is 2.19. The molecule has 1 saturated heterocycles. The minimum absolute atomic E-state index is 0. The van der Waals surface area contributed by atoms with Crippen LogP contribution in [0.5, 0.6) is 0 Å². The summed E-state index contributed by atoms with van der Waals surface area (Å²) in [5, 5.41) is 3.83. The molecule has 2 aromatic rings. The number of benzene rings is 1. The molecule has 6 N–H and O–H groups in total. The smallest absolute Gasteiger partial charge is 0.364 e. The summed E-state index contributed by atoms with van der Waals surface area (Å²) in [5.74, 6) is -1.18. The van der Waals surface area contributed by atoms with E-state index >= 15 is 0 Å². The maximum atomic E-state index is 13.0. The monoisotopic (exact) mass is 544 g/mol. The van der Waals surface area contributed by atoms with Gasteiger partial charge in [0.15, 0.2) is 6.04 Å². The quantitative estimate of drug-likeness (QED) is 0.197. The molecule has 0 spiro atoms. The van der Waals surface area contributed by atoms with Crippen LogP contribution in [0.3, 0.4) is 0 Å². The van der Waals surface area contributed by atoms with Crippen molar-refractivity contribution < 1.29 is 59.3 Å². The number of hydrogen-bond donors (Lipinski definition) is 4. The van der Waals surface area contributed by atoms with Gasteiger partial charge in [-0.25, -0.2) is 9.59 Å². The number of nitrogens with one attached hydrogen (secondary N) is 3. The Morgan fingerprint density at radius 1 is 1.08 bits per heavy atom. The minimum Gasteiger partial charge on any atom is -1.00 e. The largest absolute Gasteiger partial charge is 1.00 e. The number of rotatable bonds is 12. The molecule has 1 aromatic heterocycles. The van der Waals surface area contributed by atoms with Crippen LogP contribution >= 0.6 is 0 Å². The number of carbonyl (C=O) groups is 3. The molecule has 0 radical (unpaired) electrons. The molecule has 202 valence electrons. The molecule has 11 heteroatoms. The number of carbonyl (C=O) groups excluding carboxylic acids is 3. The van der Waals surface area contributed by atoms with E-state index in [0.717, 1.165) is 36.1 Å². The highest BCUT2D eigenvalue weighted by molar-refractivity contribution is 5.87. The molecule has 1 fully saturated rings. The van der Waals surface area contributed by atoms with Gasteiger partial charge < -0.3 is 55.2 Å². The van der Waals surface area contributed by atoms with Gasteiger partial charge in [0.1, 0.15) is 19.2 Å². The molecule has 0 aliphatic carbocycles. The Labute approximate surface area is 224 Å². The number of hydrogen-bond acceptors (Lipinski definition) is 5. The molecule has 0 bridgehead atoms. The molecule has 1 aromatic carbocycles. The zero-order valence-corrected chi connectivity index (χ0v) is 22.3. The molecule has 1 aliphatic heterocycles. The van der Waals surface area contributed by atoms with E-state index in [1.807, 2.05) is 30.5 Å². The second-order valence-corrected chi connectivity index (χ2v) is 8.90. The summed E-state index contributed by atoms with van der Waals surface area (Å²) in [5.41, 5.74) is 5.67. The molecular weight excluding hydrogens is 507 g/mol. The highest BCUT2D eigenvalue weighted by Gasteiger charge is 2.26. The fourth-order valence-electron chi connectivity index (χ4n) is 4.36. The molecule has 2 atom stereocenters. The van der Waals surface area contributed by atoms with Crippen molar-refractivity contribution in [3.8, 4) is 0 Å². The Morgan fingerprint density at radius 2 is 1.81 bits per heavy atom. The number of quaternary nitrogens is 2. The van der Waals surface area contributed by atoms with E-state index in [-0.39, 0.29) is 50.2 Å². The molecule has 0 unspecified atom stereocenters. The van der Waals surface area contributed by atoms with Crippen LogP contribution in [0.25, 0.3) is 10.9 Å². The molecule has 9 nitrogen and oxygen atoms in total. The average Bonchev–Trinajstić information content (AvgIpc) is 3.25. The third-order valence-electron chi connectivity index (χ3n) is 6.32. The number of amides is 1. The lowest BCUT2D eigenvalue weighted by Crippen LogP contribution is -3.13. The molecule has 2 heterocycles. The van der Waals surface area contributed by atoms with E-state index in [0.29, 0.717) is 13.0 Å². The van der Waals surface area contributed by atoms with Gasteiger partial charge in [-0.1, -0.05) is 18.2 Å². The number of H-pyrrole nitrogens is 1. The predicted octanol–water partition coefficient (Wildman–Crippen LogP) is -6.23. The average molecular weight is 546 g/mol. The fraction of sp³-hybridized carbons (Fsp3) is 0.560. The van der Waals surface area contributed by atoms with Gasteiger partial charge in [0.05, 0.1) is 19.7 Å². The van der Waals surface area contributed by atoms with E-state index in [4.69, 9.17) is 9.47 Å². The van der Waals surface area contributed by atoms with Crippen LogP contribution in [-0.2, 0) is 30.3 Å². The lowest BCUT2D eigenvalue weighted by atomic mass is 10.0. The van der Waals surface area contributed by atoms with E-state index < -0.39 is 24.0 Å². The van der Waals surface area contributed by atoms with Gasteiger partial charge in [0.2, 0.25) is 5.91 Å². The number of para-hydroxylation sites is 1. The summed E-state index contributed by atoms with van der Waals surface area (Å²) in [6.07, 6.45) is 6.19. The number of aromatic amines is 1. The van der Waals surface area contributed by atoms with Crippen molar-refractivity contribution in [1.82, 2.24) is 10.3 Å². The van der Waals surface area contributed by atoms with Crippen LogP contribution in [0.2, 0.25) is 0 Å². The molecule has 0 saturated carbocycles. The standard InChI is InChI=1S/C25H36N4O5.2ClH/c1-2-33-24(31)20(26)10-11-23(30)28-22(16-18-17-27-21-9-5-4-8-19(18)21)25(32)34-15-14-29-12-6-3-7-13-29;;/h4-5,8-9,17,20,22,27H,2-3,6-7,10-16,26H2,1H3,(H,28,30);2*1H/t20-,22-;;/m1../s1. The van der Waals surface area contributed by atoms with Gasteiger partial charge in [-0.05, 0) is 37.8 Å². The third-order valence-corrected chi connectivity index (χ3v) is 6.32. The van der Waals surface area contributed by atoms with Gasteiger partial charge in [-0.2, -0.15) is 0 Å². The molecule has 36 heavy (non-hydrogen) atoms. The summed E-state index contributed by atoms with van der Waals surface area (Å²) in [6, 6.07) is 6.40. The zero-order valence-electron chi connectivity index (χ0n) is 20.8. The summed E-state index contributed by atoms with van der Waals surface area (Å²) >= 11 is 0. The first-order chi connectivity index (χ1) is 16.5. The lowest BCUT2D eigenvalue weighted by molar-refractivity contribution is -0.905. The SMILES string of the molecule is CCOC(=O)[C@H]([NH3+])CCC(=O)N[C@H](Cc1c[nH]c2ccccc12)C(=O)OCC[NH+]1CCCCC1.[Cl-].[Cl-]. The summed E-state index contributed by atoms with van der Waals surface area (Å²) in [4.78, 5) is 42.1. The van der Waals surface area contributed by atoms with Crippen LogP contribution in [-0.4, -0.2) is 67.8 Å². The Balaban J connectivity index is 0.00000324. The van der Waals surface area contributed by atoms with Gasteiger partial charge in [0.25, 0.3) is 0 Å². The Kier molecular flexibility index (Phi) is 14.5. The first-order valence-electron chi connectivity index (χ1n) is 12.3. The maximum absolute atomic E-state index is 13.0. The van der Waals surface area contributed by atoms with Gasteiger partial charge in [-0.3, -0.25) is 4.79 Å². The molecule has 1 aliphatic rings. The third kappa shape index (κ3) is 9.61. The summed E-state index contributed by atoms with van der Waals surface area (Å²) < 4.78 is 10.5. The number of ether oxygens (including phenoxy) is 2. The van der Waals surface area contributed by atoms with Crippen molar-refractivity contribution in [3.63, 3.8) is 0 Å². The van der Waals surface area contributed by atoms with Crippen LogP contribution in [0.15, 0.2) is 30.5 Å². The van der Waals surface area contributed by atoms with E-state index in [1.165, 1.54) is 24.2 Å². The summed E-state index contributed by atoms with van der Waals surface area (Å²) in [7, 11) is 0. The predicted molar refractivity (Wildman–Crippen MR) is 127 cm³/mol. The van der Waals surface area contributed by atoms with Crippen molar-refractivity contribution in [2.75, 3.05) is 32.8 Å². The topological polar surface area (TPSA) is 130 Å². The Morgan fingerprint density at radius 3 is 2.53 bits per heavy atom. The zero-order chi connectivity index (χ0) is 24.3. The Bertz CT molecular complexity index is 965. The van der Waals surface area contributed by atoms with Crippen LogP contribution in [0.1, 0.15) is 44.6 Å². The van der Waals surface area contributed by atoms with Crippen LogP contribution in [0, 0.1) is 0 Å². The van der Waals surface area contributed by atoms with Crippen molar-refractivity contribution in [2.45, 2.75) is 57.5 Å². The number of esters is 2. The van der Waals surface area contributed by atoms with Crippen LogP contribution in [0.4, 0.5) is 0 Å². The number of halogens is 2. The van der Waals surface area contributed by atoms with E-state index in [9.17, 15) is 14.4 Å². The fourth-order valence-corrected chi connectivity index (χ4v) is 4.36. The van der Waals surface area contributed by atoms with Crippen molar-refractivity contribution in [3.05, 3.63) is 36.0 Å². The molecule has 1 amide bonds. The maximum Gasteiger partial charge on any atom is 0.364 e. The number of piperidine rings is 1. The second kappa shape index (κ2) is 16.4. The van der Waals surface area contributed by atoms with Crippen molar-refractivity contribution in [2.24, 2.45) is 0 Å². The second-order valence-electron chi connectivity index (χ2n) is 8.90. The van der Waals surface area contributed by atoms with Gasteiger partial charge >= 0.3 is 11.9 Å². The number of likely N-dealkylation sites (tertiary alicyclic amines) is 1. The number of fused-ring (bicyclic) bond motifs is 1. The van der Waals surface area contributed by atoms with Crippen molar-refractivity contribution >= 4 is 28.7 Å². The van der Waals surface area contributed by atoms with Gasteiger partial charge in [-0.15, -0.1) is 0 Å². The minimum atomic E-state index is -0.811.